The molecule has 114 valence electrons. The zero-order chi connectivity index (χ0) is 15.8. The Morgan fingerprint density at radius 2 is 1.95 bits per heavy atom. The SMILES string of the molecule is Cc1ccc(F)c(NC(=O)NC(C)(C(=O)O)C2CC2)c1F. The van der Waals surface area contributed by atoms with Crippen LogP contribution < -0.4 is 10.6 Å². The fourth-order valence-corrected chi connectivity index (χ4v) is 2.14. The quantitative estimate of drug-likeness (QED) is 0.799. The van der Waals surface area contributed by atoms with Gasteiger partial charge in [0.15, 0.2) is 5.82 Å². The van der Waals surface area contributed by atoms with Crippen molar-refractivity contribution in [1.29, 1.82) is 0 Å². The second-order valence-electron chi connectivity index (χ2n) is 5.41. The van der Waals surface area contributed by atoms with Crippen molar-refractivity contribution < 1.29 is 23.5 Å². The Bertz CT molecular complexity index is 602. The second kappa shape index (κ2) is 5.31. The van der Waals surface area contributed by atoms with Gasteiger partial charge in [-0.05, 0) is 44.2 Å². The first-order valence-corrected chi connectivity index (χ1v) is 6.53. The Hall–Kier alpha value is -2.18. The summed E-state index contributed by atoms with van der Waals surface area (Å²) in [7, 11) is 0. The van der Waals surface area contributed by atoms with Crippen LogP contribution in [0.4, 0.5) is 19.3 Å². The molecule has 0 bridgehead atoms. The monoisotopic (exact) mass is 298 g/mol. The highest BCUT2D eigenvalue weighted by Gasteiger charge is 2.48. The smallest absolute Gasteiger partial charge is 0.329 e. The van der Waals surface area contributed by atoms with E-state index >= 15 is 0 Å². The molecule has 2 rings (SSSR count). The lowest BCUT2D eigenvalue weighted by atomic mass is 9.96. The summed E-state index contributed by atoms with van der Waals surface area (Å²) in [6.45, 7) is 2.82. The third kappa shape index (κ3) is 2.96. The molecule has 1 aliphatic carbocycles. The number of carboxylic acid groups (broad SMARTS) is 1. The van der Waals surface area contributed by atoms with Crippen LogP contribution in [0.25, 0.3) is 0 Å². The largest absolute Gasteiger partial charge is 0.480 e. The summed E-state index contributed by atoms with van der Waals surface area (Å²) in [4.78, 5) is 23.1. The lowest BCUT2D eigenvalue weighted by molar-refractivity contribution is -0.144. The van der Waals surface area contributed by atoms with Gasteiger partial charge >= 0.3 is 12.0 Å². The topological polar surface area (TPSA) is 78.4 Å². The number of hydrogen-bond donors (Lipinski definition) is 3. The first-order chi connectivity index (χ1) is 9.75. The number of aryl methyl sites for hydroxylation is 1. The summed E-state index contributed by atoms with van der Waals surface area (Å²) in [5, 5.41) is 13.6. The highest BCUT2D eigenvalue weighted by atomic mass is 19.1. The number of anilines is 1. The zero-order valence-corrected chi connectivity index (χ0v) is 11.7. The Kier molecular flexibility index (Phi) is 3.85. The Morgan fingerprint density at radius 1 is 1.33 bits per heavy atom. The summed E-state index contributed by atoms with van der Waals surface area (Å²) in [5.74, 6) is -3.15. The van der Waals surface area contributed by atoms with Crippen molar-refractivity contribution in [2.24, 2.45) is 5.92 Å². The fraction of sp³-hybridized carbons (Fsp3) is 0.429. The standard InChI is InChI=1S/C14H16F2N2O3/c1-7-3-6-9(15)11(10(7)16)17-13(21)18-14(2,12(19)20)8-4-5-8/h3,6,8H,4-5H2,1-2H3,(H,19,20)(H2,17,18,21). The number of aliphatic carboxylic acids is 1. The van der Waals surface area contributed by atoms with Crippen LogP contribution in [0.2, 0.25) is 0 Å². The lowest BCUT2D eigenvalue weighted by Gasteiger charge is -2.26. The summed E-state index contributed by atoms with van der Waals surface area (Å²) in [6, 6.07) is 1.33. The van der Waals surface area contributed by atoms with E-state index in [0.717, 1.165) is 6.07 Å². The van der Waals surface area contributed by atoms with Crippen LogP contribution in [0.5, 0.6) is 0 Å². The zero-order valence-electron chi connectivity index (χ0n) is 11.7. The number of carbonyl (C=O) groups is 2. The number of rotatable bonds is 4. The van der Waals surface area contributed by atoms with Crippen LogP contribution in [0.15, 0.2) is 12.1 Å². The maximum absolute atomic E-state index is 13.8. The van der Waals surface area contributed by atoms with E-state index in [2.05, 4.69) is 5.32 Å². The van der Waals surface area contributed by atoms with Crippen molar-refractivity contribution in [2.75, 3.05) is 5.32 Å². The molecule has 1 atom stereocenters. The van der Waals surface area contributed by atoms with E-state index in [9.17, 15) is 23.5 Å². The maximum Gasteiger partial charge on any atom is 0.329 e. The van der Waals surface area contributed by atoms with Crippen LogP contribution in [0, 0.1) is 24.5 Å². The van der Waals surface area contributed by atoms with Gasteiger partial charge in [0.25, 0.3) is 0 Å². The molecule has 0 radical (unpaired) electrons. The molecule has 1 aromatic rings. The van der Waals surface area contributed by atoms with Gasteiger partial charge in [0.2, 0.25) is 0 Å². The number of urea groups is 1. The van der Waals surface area contributed by atoms with E-state index in [1.165, 1.54) is 19.9 Å². The van der Waals surface area contributed by atoms with E-state index in [4.69, 9.17) is 0 Å². The third-order valence-electron chi connectivity index (χ3n) is 3.73. The number of carboxylic acids is 1. The first-order valence-electron chi connectivity index (χ1n) is 6.53. The molecule has 2 amide bonds. The van der Waals surface area contributed by atoms with Crippen LogP contribution >= 0.6 is 0 Å². The van der Waals surface area contributed by atoms with Gasteiger partial charge < -0.3 is 15.7 Å². The summed E-state index contributed by atoms with van der Waals surface area (Å²) < 4.78 is 27.3. The summed E-state index contributed by atoms with van der Waals surface area (Å²) in [6.07, 6.45) is 1.38. The van der Waals surface area contributed by atoms with Crippen molar-refractivity contribution in [3.63, 3.8) is 0 Å². The predicted molar refractivity (Wildman–Crippen MR) is 72.0 cm³/mol. The molecule has 1 aromatic carbocycles. The molecular weight excluding hydrogens is 282 g/mol. The number of halogens is 2. The van der Waals surface area contributed by atoms with Gasteiger partial charge in [-0.15, -0.1) is 0 Å². The Labute approximate surface area is 120 Å². The lowest BCUT2D eigenvalue weighted by Crippen LogP contribution is -2.55. The van der Waals surface area contributed by atoms with Crippen LogP contribution in [0.3, 0.4) is 0 Å². The molecule has 0 spiro atoms. The Balaban J connectivity index is 2.15. The normalized spacial score (nSPS) is 17.0. The summed E-state index contributed by atoms with van der Waals surface area (Å²) >= 11 is 0. The average molecular weight is 298 g/mol. The van der Waals surface area contributed by atoms with Gasteiger partial charge in [-0.1, -0.05) is 6.07 Å². The molecule has 5 nitrogen and oxygen atoms in total. The molecule has 7 heteroatoms. The number of nitrogens with one attached hydrogen (secondary N) is 2. The Morgan fingerprint density at radius 3 is 2.48 bits per heavy atom. The van der Waals surface area contributed by atoms with Crippen LogP contribution in [0.1, 0.15) is 25.3 Å². The van der Waals surface area contributed by atoms with Crippen molar-refractivity contribution in [1.82, 2.24) is 5.32 Å². The minimum absolute atomic E-state index is 0.173. The number of amides is 2. The first kappa shape index (κ1) is 15.2. The molecular formula is C14H16F2N2O3. The molecule has 21 heavy (non-hydrogen) atoms. The van der Waals surface area contributed by atoms with E-state index in [0.29, 0.717) is 12.8 Å². The van der Waals surface area contributed by atoms with E-state index in [-0.39, 0.29) is 11.5 Å². The van der Waals surface area contributed by atoms with Crippen molar-refractivity contribution in [3.05, 3.63) is 29.3 Å². The molecule has 0 heterocycles. The molecule has 0 saturated heterocycles. The second-order valence-corrected chi connectivity index (χ2v) is 5.41. The van der Waals surface area contributed by atoms with Crippen LogP contribution in [-0.2, 0) is 4.79 Å². The highest BCUT2D eigenvalue weighted by molar-refractivity contribution is 5.94. The maximum atomic E-state index is 13.8. The third-order valence-corrected chi connectivity index (χ3v) is 3.73. The van der Waals surface area contributed by atoms with Gasteiger partial charge in [0.1, 0.15) is 17.0 Å². The molecule has 3 N–H and O–H groups in total. The molecule has 1 saturated carbocycles. The molecule has 1 fully saturated rings. The number of benzene rings is 1. The van der Waals surface area contributed by atoms with Crippen molar-refractivity contribution in [3.8, 4) is 0 Å². The average Bonchev–Trinajstić information content (AvgIpc) is 3.23. The van der Waals surface area contributed by atoms with E-state index < -0.39 is 34.9 Å². The van der Waals surface area contributed by atoms with Gasteiger partial charge in [0.05, 0.1) is 0 Å². The highest BCUT2D eigenvalue weighted by Crippen LogP contribution is 2.39. The van der Waals surface area contributed by atoms with Gasteiger partial charge in [0, 0.05) is 0 Å². The van der Waals surface area contributed by atoms with E-state index in [1.807, 2.05) is 5.32 Å². The minimum Gasteiger partial charge on any atom is -0.480 e. The summed E-state index contributed by atoms with van der Waals surface area (Å²) in [5.41, 5.74) is -1.85. The van der Waals surface area contributed by atoms with Gasteiger partial charge in [-0.3, -0.25) is 0 Å². The number of hydrogen-bond acceptors (Lipinski definition) is 2. The molecule has 0 aromatic heterocycles. The molecule has 1 aliphatic rings. The molecule has 0 aliphatic heterocycles. The van der Waals surface area contributed by atoms with Gasteiger partial charge in [-0.25, -0.2) is 18.4 Å². The minimum atomic E-state index is -1.44. The van der Waals surface area contributed by atoms with Crippen LogP contribution in [-0.4, -0.2) is 22.6 Å². The van der Waals surface area contributed by atoms with Crippen molar-refractivity contribution >= 4 is 17.7 Å². The predicted octanol–water partition coefficient (Wildman–Crippen LogP) is 2.65. The van der Waals surface area contributed by atoms with Gasteiger partial charge in [-0.2, -0.15) is 0 Å². The fourth-order valence-electron chi connectivity index (χ4n) is 2.14. The van der Waals surface area contributed by atoms with E-state index in [1.54, 1.807) is 0 Å². The number of carbonyl (C=O) groups excluding carboxylic acids is 1. The molecule has 1 unspecified atom stereocenters. The van der Waals surface area contributed by atoms with Crippen molar-refractivity contribution in [2.45, 2.75) is 32.2 Å².